The lowest BCUT2D eigenvalue weighted by atomic mass is 10.3. The lowest BCUT2D eigenvalue weighted by Gasteiger charge is -1.96. The molecule has 0 saturated carbocycles. The summed E-state index contributed by atoms with van der Waals surface area (Å²) in [6.45, 7) is 5.20. The molecular weight excluding hydrogens is 352 g/mol. The molecule has 1 heterocycles. The van der Waals surface area contributed by atoms with E-state index in [0.29, 0.717) is 11.8 Å². The molecule has 0 fully saturated rings. The van der Waals surface area contributed by atoms with Gasteiger partial charge in [-0.2, -0.15) is 0 Å². The normalized spacial score (nSPS) is 8.88. The number of nitrogens with zero attached hydrogens (tertiary/aromatic N) is 1. The van der Waals surface area contributed by atoms with E-state index < -0.39 is 5.97 Å². The second kappa shape index (κ2) is 14.8. The third kappa shape index (κ3) is 16.6. The molecule has 0 aliphatic heterocycles. The molecule has 0 saturated heterocycles. The first-order chi connectivity index (χ1) is 11.2. The first-order valence-electron chi connectivity index (χ1n) is 6.81. The highest BCUT2D eigenvalue weighted by atomic mass is 32.2. The summed E-state index contributed by atoms with van der Waals surface area (Å²) in [5, 5.41) is 7.33. The number of nitrogens with one attached hydrogen (secondary N) is 2. The summed E-state index contributed by atoms with van der Waals surface area (Å²) in [6.07, 6.45) is 3.54. The monoisotopic (exact) mass is 376 g/mol. The van der Waals surface area contributed by atoms with Crippen LogP contribution in [-0.2, 0) is 14.3 Å². The van der Waals surface area contributed by atoms with Gasteiger partial charge in [0.1, 0.15) is 12.2 Å². The first kappa shape index (κ1) is 24.4. The molecule has 0 amide bonds. The third-order valence-corrected chi connectivity index (χ3v) is 2.98. The Morgan fingerprint density at radius 3 is 2.29 bits per heavy atom. The Hall–Kier alpha value is -1.81. The standard InChI is InChI=1S/C6H8N2OS.C6H10O3.C2H6N2S/c1-4-3-5(9)8-6(7-4)10-2;1-3-9-6(8)4-5(2)7;1-5-2(3)4/h3H,1-2H3,(H,7,8,9);3-4H2,1-2H3;1H3,(H3,3,4). The quantitative estimate of drug-likeness (QED) is 0.180. The molecule has 24 heavy (non-hydrogen) atoms. The number of esters is 1. The van der Waals surface area contributed by atoms with Crippen molar-refractivity contribution in [2.24, 2.45) is 5.73 Å². The number of nitrogens with two attached hydrogens (primary N) is 1. The largest absolute Gasteiger partial charge is 0.466 e. The van der Waals surface area contributed by atoms with Crippen LogP contribution in [0.25, 0.3) is 0 Å². The molecule has 0 aromatic carbocycles. The summed E-state index contributed by atoms with van der Waals surface area (Å²) in [5.41, 5.74) is 5.51. The molecule has 1 rings (SSSR count). The van der Waals surface area contributed by atoms with Gasteiger partial charge in [-0.15, -0.1) is 0 Å². The van der Waals surface area contributed by atoms with Crippen LogP contribution in [0.15, 0.2) is 16.0 Å². The lowest BCUT2D eigenvalue weighted by molar-refractivity contribution is -0.145. The molecule has 8 nitrogen and oxygen atoms in total. The van der Waals surface area contributed by atoms with Crippen molar-refractivity contribution in [3.05, 3.63) is 22.1 Å². The number of hydrogen-bond acceptors (Lipinski definition) is 8. The summed E-state index contributed by atoms with van der Waals surface area (Å²) in [7, 11) is 0. The minimum atomic E-state index is -0.440. The molecule has 1 aromatic heterocycles. The van der Waals surface area contributed by atoms with Crippen LogP contribution in [0.5, 0.6) is 0 Å². The van der Waals surface area contributed by atoms with Gasteiger partial charge in [-0.05, 0) is 33.3 Å². The molecule has 136 valence electrons. The Morgan fingerprint density at radius 2 is 1.96 bits per heavy atom. The van der Waals surface area contributed by atoms with Crippen LogP contribution in [0.3, 0.4) is 0 Å². The highest BCUT2D eigenvalue weighted by Gasteiger charge is 2.03. The molecule has 10 heteroatoms. The Bertz CT molecular complexity index is 590. The topological polar surface area (TPSA) is 139 Å². The van der Waals surface area contributed by atoms with E-state index in [9.17, 15) is 14.4 Å². The van der Waals surface area contributed by atoms with Crippen LogP contribution < -0.4 is 11.3 Å². The van der Waals surface area contributed by atoms with Gasteiger partial charge >= 0.3 is 5.97 Å². The maximum absolute atomic E-state index is 10.8. The van der Waals surface area contributed by atoms with Crippen molar-refractivity contribution in [1.82, 2.24) is 9.97 Å². The number of aryl methyl sites for hydroxylation is 1. The highest BCUT2D eigenvalue weighted by Crippen LogP contribution is 2.04. The van der Waals surface area contributed by atoms with E-state index in [2.05, 4.69) is 14.7 Å². The number of ketones is 1. The van der Waals surface area contributed by atoms with Crippen LogP contribution in [0.4, 0.5) is 0 Å². The van der Waals surface area contributed by atoms with E-state index in [1.807, 2.05) is 6.26 Å². The maximum Gasteiger partial charge on any atom is 0.313 e. The van der Waals surface area contributed by atoms with Crippen LogP contribution >= 0.6 is 23.5 Å². The van der Waals surface area contributed by atoms with E-state index in [-0.39, 0.29) is 22.9 Å². The Labute approximate surface area is 149 Å². The fourth-order valence-electron chi connectivity index (χ4n) is 1.06. The number of hydrogen-bond donors (Lipinski definition) is 3. The molecule has 0 aliphatic rings. The number of carbonyl (C=O) groups excluding carboxylic acids is 2. The van der Waals surface area contributed by atoms with Gasteiger partial charge in [0.15, 0.2) is 10.3 Å². The van der Waals surface area contributed by atoms with Crippen molar-refractivity contribution in [2.45, 2.75) is 32.3 Å². The van der Waals surface area contributed by atoms with Crippen molar-refractivity contribution in [1.29, 1.82) is 5.41 Å². The van der Waals surface area contributed by atoms with E-state index in [0.717, 1.165) is 5.69 Å². The van der Waals surface area contributed by atoms with Gasteiger partial charge in [0, 0.05) is 11.8 Å². The number of rotatable bonds is 4. The molecule has 4 N–H and O–H groups in total. The average Bonchev–Trinajstić information content (AvgIpc) is 2.46. The second-order valence-electron chi connectivity index (χ2n) is 4.15. The van der Waals surface area contributed by atoms with Gasteiger partial charge in [-0.3, -0.25) is 19.8 Å². The Kier molecular flexibility index (Phi) is 15.0. The first-order valence-corrected chi connectivity index (χ1v) is 9.26. The smallest absolute Gasteiger partial charge is 0.313 e. The number of aromatic nitrogens is 2. The van der Waals surface area contributed by atoms with Crippen LogP contribution in [0.1, 0.15) is 26.0 Å². The van der Waals surface area contributed by atoms with Gasteiger partial charge in [0.2, 0.25) is 0 Å². The van der Waals surface area contributed by atoms with Crippen molar-refractivity contribution in [2.75, 3.05) is 19.1 Å². The van der Waals surface area contributed by atoms with E-state index in [1.165, 1.54) is 36.5 Å². The van der Waals surface area contributed by atoms with Crippen LogP contribution in [0.2, 0.25) is 0 Å². The second-order valence-corrected chi connectivity index (χ2v) is 5.79. The Morgan fingerprint density at radius 1 is 1.42 bits per heavy atom. The summed E-state index contributed by atoms with van der Waals surface area (Å²) < 4.78 is 4.49. The minimum Gasteiger partial charge on any atom is -0.466 e. The molecule has 1 aromatic rings. The van der Waals surface area contributed by atoms with Gasteiger partial charge in [-0.1, -0.05) is 23.5 Å². The van der Waals surface area contributed by atoms with Gasteiger partial charge in [0.05, 0.1) is 6.61 Å². The van der Waals surface area contributed by atoms with E-state index in [4.69, 9.17) is 11.1 Å². The van der Waals surface area contributed by atoms with Gasteiger partial charge in [-0.25, -0.2) is 4.98 Å². The predicted molar refractivity (Wildman–Crippen MR) is 98.7 cm³/mol. The summed E-state index contributed by atoms with van der Waals surface area (Å²) in [4.78, 5) is 38.1. The molecule has 0 unspecified atom stereocenters. The fourth-order valence-corrected chi connectivity index (χ4v) is 1.50. The zero-order chi connectivity index (χ0) is 19.1. The number of H-pyrrole nitrogens is 1. The van der Waals surface area contributed by atoms with Crippen molar-refractivity contribution in [3.8, 4) is 0 Å². The molecular formula is C14H24N4O4S2. The maximum atomic E-state index is 10.8. The van der Waals surface area contributed by atoms with Gasteiger partial charge < -0.3 is 15.5 Å². The Balaban J connectivity index is 0. The van der Waals surface area contributed by atoms with Crippen molar-refractivity contribution >= 4 is 40.4 Å². The predicted octanol–water partition coefficient (Wildman–Crippen LogP) is 1.57. The summed E-state index contributed by atoms with van der Waals surface area (Å²) in [6, 6.07) is 1.47. The zero-order valence-corrected chi connectivity index (χ0v) is 16.1. The lowest BCUT2D eigenvalue weighted by Crippen LogP contribution is -2.07. The molecule has 0 spiro atoms. The summed E-state index contributed by atoms with van der Waals surface area (Å²) >= 11 is 2.67. The van der Waals surface area contributed by atoms with Gasteiger partial charge in [0.25, 0.3) is 5.56 Å². The molecule has 0 bridgehead atoms. The average molecular weight is 377 g/mol. The van der Waals surface area contributed by atoms with Crippen LogP contribution in [0, 0.1) is 12.3 Å². The number of ether oxygens (including phenoxy) is 1. The fraction of sp³-hybridized carbons (Fsp3) is 0.500. The zero-order valence-electron chi connectivity index (χ0n) is 14.5. The van der Waals surface area contributed by atoms with Crippen molar-refractivity contribution < 1.29 is 14.3 Å². The molecule has 0 atom stereocenters. The summed E-state index contributed by atoms with van der Waals surface area (Å²) in [5.74, 6) is -0.599. The highest BCUT2D eigenvalue weighted by molar-refractivity contribution is 8.13. The number of aromatic amines is 1. The molecule has 0 radical (unpaired) electrons. The van der Waals surface area contributed by atoms with E-state index >= 15 is 0 Å². The number of carbonyl (C=O) groups is 2. The number of thioether (sulfide) groups is 2. The van der Waals surface area contributed by atoms with Crippen molar-refractivity contribution in [3.63, 3.8) is 0 Å². The van der Waals surface area contributed by atoms with Crippen LogP contribution in [-0.4, -0.2) is 46.0 Å². The number of amidine groups is 1. The molecule has 0 aliphatic carbocycles. The SMILES string of the molecule is CCOC(=O)CC(C)=O.CSC(=N)N.CSc1nc(C)cc(=O)[nH]1. The van der Waals surface area contributed by atoms with E-state index in [1.54, 1.807) is 20.1 Å². The third-order valence-electron chi connectivity index (χ3n) is 1.96. The number of Topliss-reactive ketones (excluding diaryl/α,β-unsaturated/α-hetero) is 1. The minimum absolute atomic E-state index is 0.0862.